The third-order valence-electron chi connectivity index (χ3n) is 3.13. The number of benzene rings is 2. The van der Waals surface area contributed by atoms with Crippen LogP contribution in [0.3, 0.4) is 0 Å². The number of carbonyl (C=O) groups is 3. The van der Waals surface area contributed by atoms with E-state index in [1.807, 2.05) is 0 Å². The largest absolute Gasteiger partial charge is 0.388 e. The summed E-state index contributed by atoms with van der Waals surface area (Å²) in [6.45, 7) is 1.49. The van der Waals surface area contributed by atoms with Gasteiger partial charge in [0, 0.05) is 28.7 Å². The van der Waals surface area contributed by atoms with Crippen LogP contribution in [0.4, 0.5) is 0 Å². The Kier molecular flexibility index (Phi) is 6.78. The van der Waals surface area contributed by atoms with Crippen molar-refractivity contribution in [2.45, 2.75) is 29.2 Å². The van der Waals surface area contributed by atoms with Gasteiger partial charge >= 0.3 is 0 Å². The number of carbonyl (C=O) groups excluding carboxylic acids is 3. The van der Waals surface area contributed by atoms with E-state index in [1.165, 1.54) is 6.92 Å². The van der Waals surface area contributed by atoms with Gasteiger partial charge in [-0.1, -0.05) is 47.8 Å². The topological polar surface area (TPSA) is 71.4 Å². The van der Waals surface area contributed by atoms with Gasteiger partial charge in [0.15, 0.2) is 10.2 Å². The summed E-state index contributed by atoms with van der Waals surface area (Å²) in [4.78, 5) is 35.2. The summed E-state index contributed by atoms with van der Waals surface area (Å²) in [6, 6.07) is 13.6. The van der Waals surface area contributed by atoms with Crippen molar-refractivity contribution in [3.63, 3.8) is 0 Å². The van der Waals surface area contributed by atoms with Crippen LogP contribution in [0.2, 0.25) is 0 Å². The molecule has 2 rings (SSSR count). The van der Waals surface area contributed by atoms with Crippen LogP contribution in [0, 0.1) is 0 Å². The molecule has 2 aromatic rings. The molecular formula is C18H16O4S2. The molecule has 0 aliphatic heterocycles. The molecule has 1 N–H and O–H groups in total. The lowest BCUT2D eigenvalue weighted by Gasteiger charge is -2.10. The molecule has 0 fully saturated rings. The Labute approximate surface area is 148 Å². The maximum Gasteiger partial charge on any atom is 0.196 e. The molecule has 4 nitrogen and oxygen atoms in total. The van der Waals surface area contributed by atoms with E-state index in [0.717, 1.165) is 39.6 Å². The number of aliphatic hydroxyl groups is 1. The van der Waals surface area contributed by atoms with Gasteiger partial charge < -0.3 is 5.11 Å². The van der Waals surface area contributed by atoms with Crippen molar-refractivity contribution in [1.82, 2.24) is 0 Å². The van der Waals surface area contributed by atoms with E-state index < -0.39 is 6.10 Å². The fraction of sp³-hybridized carbons (Fsp3) is 0.167. The molecule has 0 amide bonds. The molecule has 24 heavy (non-hydrogen) atoms. The number of aliphatic hydroxyl groups excluding tert-OH is 1. The molecule has 1 atom stereocenters. The second-order valence-electron chi connectivity index (χ2n) is 5.04. The maximum absolute atomic E-state index is 12.0. The van der Waals surface area contributed by atoms with Crippen molar-refractivity contribution in [3.8, 4) is 0 Å². The van der Waals surface area contributed by atoms with Crippen LogP contribution in [0.15, 0.2) is 58.3 Å². The number of hydrogen-bond acceptors (Lipinski definition) is 6. The summed E-state index contributed by atoms with van der Waals surface area (Å²) >= 11 is 2.15. The van der Waals surface area contributed by atoms with Crippen molar-refractivity contribution in [1.29, 1.82) is 0 Å². The first-order chi connectivity index (χ1) is 11.5. The predicted molar refractivity (Wildman–Crippen MR) is 95.3 cm³/mol. The van der Waals surface area contributed by atoms with Gasteiger partial charge in [0.1, 0.15) is 6.29 Å². The molecular weight excluding hydrogens is 344 g/mol. The van der Waals surface area contributed by atoms with Crippen LogP contribution in [0.25, 0.3) is 0 Å². The first kappa shape index (κ1) is 18.4. The van der Waals surface area contributed by atoms with Crippen LogP contribution in [0.1, 0.15) is 35.4 Å². The molecule has 0 radical (unpaired) electrons. The van der Waals surface area contributed by atoms with Crippen molar-refractivity contribution in [2.24, 2.45) is 0 Å². The van der Waals surface area contributed by atoms with Gasteiger partial charge in [-0.15, -0.1) is 0 Å². The summed E-state index contributed by atoms with van der Waals surface area (Å²) in [7, 11) is 0. The second-order valence-corrected chi connectivity index (χ2v) is 7.42. The fourth-order valence-corrected chi connectivity index (χ4v) is 3.37. The molecule has 0 spiro atoms. The summed E-state index contributed by atoms with van der Waals surface area (Å²) in [5.41, 5.74) is 1.18. The highest BCUT2D eigenvalue weighted by molar-refractivity contribution is 8.13. The lowest BCUT2D eigenvalue weighted by atomic mass is 10.1. The molecule has 0 aromatic heterocycles. The van der Waals surface area contributed by atoms with Crippen molar-refractivity contribution in [3.05, 3.63) is 59.7 Å². The van der Waals surface area contributed by atoms with E-state index in [2.05, 4.69) is 0 Å². The van der Waals surface area contributed by atoms with Gasteiger partial charge in [0.25, 0.3) is 0 Å². The SMILES string of the molecule is CC(=O)Sc1ccc(C(O)CC(=O)Sc2ccc(C=O)cc2)cc1. The van der Waals surface area contributed by atoms with Crippen molar-refractivity contribution in [2.75, 3.05) is 0 Å². The maximum atomic E-state index is 12.0. The minimum absolute atomic E-state index is 0.00419. The molecule has 0 saturated carbocycles. The highest BCUT2D eigenvalue weighted by Gasteiger charge is 2.14. The van der Waals surface area contributed by atoms with E-state index in [4.69, 9.17) is 0 Å². The molecule has 0 heterocycles. The number of aldehydes is 1. The van der Waals surface area contributed by atoms with Gasteiger partial charge in [0.2, 0.25) is 0 Å². The molecule has 0 bridgehead atoms. The minimum Gasteiger partial charge on any atom is -0.388 e. The molecule has 0 aliphatic carbocycles. The second kappa shape index (κ2) is 8.82. The highest BCUT2D eigenvalue weighted by atomic mass is 32.2. The van der Waals surface area contributed by atoms with E-state index in [9.17, 15) is 19.5 Å². The van der Waals surface area contributed by atoms with Gasteiger partial charge in [-0.2, -0.15) is 0 Å². The third kappa shape index (κ3) is 5.63. The number of rotatable bonds is 6. The normalized spacial score (nSPS) is 11.8. The van der Waals surface area contributed by atoms with Crippen LogP contribution < -0.4 is 0 Å². The smallest absolute Gasteiger partial charge is 0.196 e. The fourth-order valence-electron chi connectivity index (χ4n) is 1.99. The zero-order valence-electron chi connectivity index (χ0n) is 13.0. The summed E-state index contributed by atoms with van der Waals surface area (Å²) in [5.74, 6) is 0. The Balaban J connectivity index is 1.92. The zero-order chi connectivity index (χ0) is 17.5. The van der Waals surface area contributed by atoms with E-state index >= 15 is 0 Å². The van der Waals surface area contributed by atoms with Gasteiger partial charge in [-0.3, -0.25) is 14.4 Å². The average molecular weight is 360 g/mol. The number of thioether (sulfide) groups is 2. The monoisotopic (exact) mass is 360 g/mol. The third-order valence-corrected chi connectivity index (χ3v) is 4.83. The molecule has 1 unspecified atom stereocenters. The summed E-state index contributed by atoms with van der Waals surface area (Å²) < 4.78 is 0. The van der Waals surface area contributed by atoms with Crippen LogP contribution in [-0.2, 0) is 9.59 Å². The summed E-state index contributed by atoms with van der Waals surface area (Å²) in [6.07, 6.45) is -0.163. The standard InChI is InChI=1S/C18H16O4S2/c1-12(20)23-15-8-4-14(5-9-15)17(21)10-18(22)24-16-6-2-13(11-19)3-7-16/h2-9,11,17,21H,10H2,1H3. The van der Waals surface area contributed by atoms with E-state index in [1.54, 1.807) is 48.5 Å². The van der Waals surface area contributed by atoms with Crippen molar-refractivity contribution < 1.29 is 19.5 Å². The van der Waals surface area contributed by atoms with E-state index in [-0.39, 0.29) is 16.7 Å². The zero-order valence-corrected chi connectivity index (χ0v) is 14.6. The predicted octanol–water partition coefficient (Wildman–Crippen LogP) is 3.88. The Hall–Kier alpha value is -1.89. The lowest BCUT2D eigenvalue weighted by Crippen LogP contribution is -2.03. The average Bonchev–Trinajstić information content (AvgIpc) is 2.55. The molecule has 2 aromatic carbocycles. The van der Waals surface area contributed by atoms with Gasteiger partial charge in [-0.25, -0.2) is 0 Å². The van der Waals surface area contributed by atoms with E-state index in [0.29, 0.717) is 11.1 Å². The van der Waals surface area contributed by atoms with Crippen LogP contribution >= 0.6 is 23.5 Å². The Morgan fingerprint density at radius 2 is 1.54 bits per heavy atom. The van der Waals surface area contributed by atoms with Gasteiger partial charge in [0.05, 0.1) is 6.10 Å². The Morgan fingerprint density at radius 3 is 2.08 bits per heavy atom. The lowest BCUT2D eigenvalue weighted by molar-refractivity contribution is -0.112. The van der Waals surface area contributed by atoms with Crippen molar-refractivity contribution >= 4 is 40.0 Å². The molecule has 6 heteroatoms. The van der Waals surface area contributed by atoms with Gasteiger partial charge in [-0.05, 0) is 29.8 Å². The minimum atomic E-state index is -0.893. The van der Waals surface area contributed by atoms with Crippen LogP contribution in [-0.4, -0.2) is 21.6 Å². The van der Waals surface area contributed by atoms with Crippen LogP contribution in [0.5, 0.6) is 0 Å². The first-order valence-electron chi connectivity index (χ1n) is 7.20. The first-order valence-corrected chi connectivity index (χ1v) is 8.83. The molecule has 124 valence electrons. The molecule has 0 aliphatic rings. The summed E-state index contributed by atoms with van der Waals surface area (Å²) in [5, 5.41) is 10.0. The Morgan fingerprint density at radius 1 is 1.00 bits per heavy atom. The highest BCUT2D eigenvalue weighted by Crippen LogP contribution is 2.27. The number of hydrogen-bond donors (Lipinski definition) is 1. The Bertz CT molecular complexity index is 724. The molecule has 0 saturated heterocycles. The quantitative estimate of drug-likeness (QED) is 0.623.